The first-order valence-corrected chi connectivity index (χ1v) is 16.7. The Labute approximate surface area is 223 Å². The standard InChI is InChI=1S/C34H67O/c1-3-5-7-9-11-13-15-17-19-21-23-25-27-29-31-33-34(35)32-30-28-26-24-22-20-18-16-14-12-10-8-6-4-2/h32H,3-31,33H2,1-2H3. The van der Waals surface area contributed by atoms with E-state index in [0.29, 0.717) is 5.78 Å². The third kappa shape index (κ3) is 31.6. The van der Waals surface area contributed by atoms with E-state index < -0.39 is 0 Å². The minimum absolute atomic E-state index is 0.402. The highest BCUT2D eigenvalue weighted by Crippen LogP contribution is 2.15. The number of hydrogen-bond acceptors (Lipinski definition) is 1. The highest BCUT2D eigenvalue weighted by molar-refractivity contribution is 5.86. The van der Waals surface area contributed by atoms with Gasteiger partial charge in [0, 0.05) is 12.8 Å². The van der Waals surface area contributed by atoms with Crippen LogP contribution in [-0.4, -0.2) is 5.78 Å². The van der Waals surface area contributed by atoms with E-state index in [1.165, 1.54) is 173 Å². The fourth-order valence-corrected chi connectivity index (χ4v) is 5.20. The Morgan fingerprint density at radius 3 is 0.943 bits per heavy atom. The summed E-state index contributed by atoms with van der Waals surface area (Å²) in [6.45, 7) is 4.58. The molecule has 0 bridgehead atoms. The first-order chi connectivity index (χ1) is 17.3. The zero-order chi connectivity index (χ0) is 25.5. The van der Waals surface area contributed by atoms with Crippen LogP contribution >= 0.6 is 0 Å². The van der Waals surface area contributed by atoms with Crippen LogP contribution in [0.2, 0.25) is 0 Å². The molecular weight excluding hydrogens is 424 g/mol. The van der Waals surface area contributed by atoms with Crippen LogP contribution in [0.3, 0.4) is 0 Å². The summed E-state index contributed by atoms with van der Waals surface area (Å²) in [5.41, 5.74) is 0. The summed E-state index contributed by atoms with van der Waals surface area (Å²) in [6, 6.07) is 0. The summed E-state index contributed by atoms with van der Waals surface area (Å²) in [5, 5.41) is 0. The predicted octanol–water partition coefficient (Wildman–Crippen LogP) is 12.5. The Morgan fingerprint density at radius 2 is 0.629 bits per heavy atom. The van der Waals surface area contributed by atoms with Gasteiger partial charge >= 0.3 is 0 Å². The Bertz CT molecular complexity index is 388. The van der Waals surface area contributed by atoms with Crippen LogP contribution in [0.5, 0.6) is 0 Å². The molecule has 1 nitrogen and oxygen atoms in total. The molecule has 0 rings (SSSR count). The Kier molecular flexibility index (Phi) is 31.4. The van der Waals surface area contributed by atoms with Gasteiger partial charge < -0.3 is 0 Å². The molecule has 0 spiro atoms. The molecule has 0 aliphatic rings. The highest BCUT2D eigenvalue weighted by Gasteiger charge is 2.02. The summed E-state index contributed by atoms with van der Waals surface area (Å²) in [6.07, 6.45) is 42.6. The van der Waals surface area contributed by atoms with Gasteiger partial charge in [0.05, 0.1) is 0 Å². The van der Waals surface area contributed by atoms with Crippen molar-refractivity contribution in [3.8, 4) is 0 Å². The van der Waals surface area contributed by atoms with E-state index in [4.69, 9.17) is 0 Å². The van der Waals surface area contributed by atoms with E-state index in [-0.39, 0.29) is 0 Å². The van der Waals surface area contributed by atoms with Gasteiger partial charge in [-0.15, -0.1) is 0 Å². The van der Waals surface area contributed by atoms with Crippen molar-refractivity contribution in [2.45, 2.75) is 206 Å². The Balaban J connectivity index is 3.14. The number of ketones is 1. The molecule has 1 heteroatoms. The zero-order valence-electron chi connectivity index (χ0n) is 24.7. The van der Waals surface area contributed by atoms with Gasteiger partial charge in [0.2, 0.25) is 0 Å². The van der Waals surface area contributed by atoms with Crippen molar-refractivity contribution < 1.29 is 4.79 Å². The zero-order valence-corrected chi connectivity index (χ0v) is 24.7. The maximum Gasteiger partial charge on any atom is 0.136 e. The molecule has 0 aromatic carbocycles. The van der Waals surface area contributed by atoms with Crippen molar-refractivity contribution in [3.63, 3.8) is 0 Å². The van der Waals surface area contributed by atoms with Gasteiger partial charge in [-0.25, -0.2) is 0 Å². The molecule has 0 heterocycles. The number of carbonyl (C=O) groups excluding carboxylic acids is 1. The van der Waals surface area contributed by atoms with E-state index in [1.54, 1.807) is 0 Å². The van der Waals surface area contributed by atoms with Gasteiger partial charge in [-0.05, 0) is 12.8 Å². The van der Waals surface area contributed by atoms with Crippen molar-refractivity contribution in [1.29, 1.82) is 0 Å². The Hall–Kier alpha value is -0.330. The van der Waals surface area contributed by atoms with Gasteiger partial charge in [-0.2, -0.15) is 0 Å². The van der Waals surface area contributed by atoms with Crippen molar-refractivity contribution in [3.05, 3.63) is 6.42 Å². The second-order valence-corrected chi connectivity index (χ2v) is 11.4. The van der Waals surface area contributed by atoms with Gasteiger partial charge in [0.25, 0.3) is 0 Å². The number of Topliss-reactive ketones (excluding diaryl/α,β-unsaturated/α-hetero) is 1. The molecule has 0 aliphatic heterocycles. The van der Waals surface area contributed by atoms with Gasteiger partial charge in [-0.1, -0.05) is 187 Å². The number of hydrogen-bond donors (Lipinski definition) is 0. The Morgan fingerprint density at radius 1 is 0.371 bits per heavy atom. The molecule has 0 aliphatic carbocycles. The monoisotopic (exact) mass is 492 g/mol. The maximum atomic E-state index is 12.0. The molecule has 0 aromatic heterocycles. The second kappa shape index (κ2) is 31.7. The quantitative estimate of drug-likeness (QED) is 0.0881. The van der Waals surface area contributed by atoms with E-state index in [2.05, 4.69) is 13.8 Å². The minimum Gasteiger partial charge on any atom is -0.299 e. The molecular formula is C34H67O. The third-order valence-corrected chi connectivity index (χ3v) is 7.71. The summed E-state index contributed by atoms with van der Waals surface area (Å²) >= 11 is 0. The number of rotatable bonds is 31. The van der Waals surface area contributed by atoms with Crippen molar-refractivity contribution in [2.24, 2.45) is 0 Å². The van der Waals surface area contributed by atoms with E-state index in [9.17, 15) is 4.79 Å². The fraction of sp³-hybridized carbons (Fsp3) is 0.941. The van der Waals surface area contributed by atoms with Crippen LogP contribution < -0.4 is 0 Å². The van der Waals surface area contributed by atoms with Crippen LogP contribution in [0, 0.1) is 6.42 Å². The van der Waals surface area contributed by atoms with Crippen molar-refractivity contribution in [2.75, 3.05) is 0 Å². The van der Waals surface area contributed by atoms with Gasteiger partial charge in [-0.3, -0.25) is 4.79 Å². The topological polar surface area (TPSA) is 17.1 Å². The van der Waals surface area contributed by atoms with Crippen LogP contribution in [0.4, 0.5) is 0 Å². The lowest BCUT2D eigenvalue weighted by atomic mass is 10.0. The molecule has 0 saturated carbocycles. The summed E-state index contributed by atoms with van der Waals surface area (Å²) < 4.78 is 0. The molecule has 209 valence electrons. The van der Waals surface area contributed by atoms with E-state index in [1.807, 2.05) is 6.42 Å². The number of unbranched alkanes of at least 4 members (excludes halogenated alkanes) is 27. The first kappa shape index (κ1) is 34.7. The normalized spacial score (nSPS) is 11.4. The molecule has 0 fully saturated rings. The molecule has 0 aromatic rings. The lowest BCUT2D eigenvalue weighted by Gasteiger charge is -2.04. The van der Waals surface area contributed by atoms with Crippen LogP contribution in [0.1, 0.15) is 206 Å². The van der Waals surface area contributed by atoms with Crippen LogP contribution in [0.25, 0.3) is 0 Å². The summed E-state index contributed by atoms with van der Waals surface area (Å²) in [7, 11) is 0. The summed E-state index contributed by atoms with van der Waals surface area (Å²) in [4.78, 5) is 12.0. The van der Waals surface area contributed by atoms with Crippen molar-refractivity contribution >= 4 is 5.78 Å². The molecule has 0 N–H and O–H groups in total. The van der Waals surface area contributed by atoms with E-state index in [0.717, 1.165) is 19.3 Å². The van der Waals surface area contributed by atoms with Crippen LogP contribution in [0.15, 0.2) is 0 Å². The first-order valence-electron chi connectivity index (χ1n) is 16.7. The van der Waals surface area contributed by atoms with Gasteiger partial charge in [0.1, 0.15) is 5.78 Å². The maximum absolute atomic E-state index is 12.0. The van der Waals surface area contributed by atoms with E-state index >= 15 is 0 Å². The molecule has 35 heavy (non-hydrogen) atoms. The lowest BCUT2D eigenvalue weighted by molar-refractivity contribution is -0.116. The number of carbonyl (C=O) groups is 1. The largest absolute Gasteiger partial charge is 0.299 e. The highest BCUT2D eigenvalue weighted by atomic mass is 16.1. The summed E-state index contributed by atoms with van der Waals surface area (Å²) in [5.74, 6) is 0.402. The SMILES string of the molecule is CCCCCCCCCCCCCCC[CH]C(=O)CCCCCCCCCCCCCCCCC. The van der Waals surface area contributed by atoms with Gasteiger partial charge in [0.15, 0.2) is 0 Å². The molecule has 0 unspecified atom stereocenters. The average Bonchev–Trinajstić information content (AvgIpc) is 2.86. The lowest BCUT2D eigenvalue weighted by Crippen LogP contribution is -1.98. The second-order valence-electron chi connectivity index (χ2n) is 11.4. The molecule has 1 radical (unpaired) electrons. The molecule has 0 amide bonds. The van der Waals surface area contributed by atoms with Crippen molar-refractivity contribution in [1.82, 2.24) is 0 Å². The average molecular weight is 492 g/mol. The molecule has 0 saturated heterocycles. The molecule has 0 atom stereocenters. The minimum atomic E-state index is 0.402. The van der Waals surface area contributed by atoms with Crippen LogP contribution in [-0.2, 0) is 4.79 Å². The third-order valence-electron chi connectivity index (χ3n) is 7.71. The smallest absolute Gasteiger partial charge is 0.136 e. The fourth-order valence-electron chi connectivity index (χ4n) is 5.20. The predicted molar refractivity (Wildman–Crippen MR) is 159 cm³/mol.